The Morgan fingerprint density at radius 1 is 1.30 bits per heavy atom. The van der Waals surface area contributed by atoms with E-state index in [2.05, 4.69) is 54.2 Å². The van der Waals surface area contributed by atoms with Crippen molar-refractivity contribution in [2.45, 2.75) is 40.2 Å². The van der Waals surface area contributed by atoms with E-state index in [9.17, 15) is 0 Å². The molecule has 0 radical (unpaired) electrons. The largest absolute Gasteiger partial charge is 0.493 e. The summed E-state index contributed by atoms with van der Waals surface area (Å²) in [5.74, 6) is 3.41. The molecule has 0 aliphatic heterocycles. The summed E-state index contributed by atoms with van der Waals surface area (Å²) in [7, 11) is 0. The maximum atomic E-state index is 6.03. The number of nitrogens with one attached hydrogen (secondary N) is 1. The Labute approximate surface area is 136 Å². The highest BCUT2D eigenvalue weighted by atomic mass is 79.9. The fourth-order valence-electron chi connectivity index (χ4n) is 2.02. The van der Waals surface area contributed by atoms with Crippen molar-refractivity contribution in [2.75, 3.05) is 24.7 Å². The lowest BCUT2D eigenvalue weighted by atomic mass is 10.1. The topological polar surface area (TPSA) is 21.3 Å². The highest BCUT2D eigenvalue weighted by Crippen LogP contribution is 2.28. The van der Waals surface area contributed by atoms with Gasteiger partial charge in [-0.05, 0) is 55.5 Å². The Hall–Kier alpha value is -0.190. The predicted octanol–water partition coefficient (Wildman–Crippen LogP) is 4.78. The van der Waals surface area contributed by atoms with E-state index in [1.54, 1.807) is 0 Å². The van der Waals surface area contributed by atoms with Crippen LogP contribution in [0.2, 0.25) is 0 Å². The zero-order valence-electron chi connectivity index (χ0n) is 12.8. The molecule has 114 valence electrons. The van der Waals surface area contributed by atoms with E-state index < -0.39 is 0 Å². The minimum atomic E-state index is 0.802. The second-order valence-corrected chi connectivity index (χ2v) is 7.10. The van der Waals surface area contributed by atoms with E-state index in [1.807, 2.05) is 11.8 Å². The molecule has 0 aliphatic rings. The van der Waals surface area contributed by atoms with Crippen molar-refractivity contribution in [2.24, 2.45) is 0 Å². The lowest BCUT2D eigenvalue weighted by Gasteiger charge is -2.15. The van der Waals surface area contributed by atoms with Crippen LogP contribution in [0.1, 0.15) is 37.8 Å². The minimum absolute atomic E-state index is 0.802. The van der Waals surface area contributed by atoms with Gasteiger partial charge in [0.15, 0.2) is 0 Å². The van der Waals surface area contributed by atoms with E-state index in [0.29, 0.717) is 0 Å². The first-order valence-corrected chi connectivity index (χ1v) is 9.34. The second-order valence-electron chi connectivity index (χ2n) is 4.79. The van der Waals surface area contributed by atoms with Crippen LogP contribution in [0.5, 0.6) is 5.75 Å². The Morgan fingerprint density at radius 2 is 2.10 bits per heavy atom. The molecule has 1 aromatic rings. The van der Waals surface area contributed by atoms with Crippen LogP contribution in [-0.2, 0) is 6.54 Å². The Bertz CT molecular complexity index is 398. The molecule has 2 nitrogen and oxygen atoms in total. The van der Waals surface area contributed by atoms with Gasteiger partial charge in [-0.25, -0.2) is 0 Å². The van der Waals surface area contributed by atoms with Crippen LogP contribution in [-0.4, -0.2) is 24.7 Å². The SMILES string of the molecule is CCCNCc1cc(Br)cc(C)c1OCCCSCC. The summed E-state index contributed by atoms with van der Waals surface area (Å²) in [5.41, 5.74) is 2.45. The third-order valence-corrected chi connectivity index (χ3v) is 4.39. The molecular weight excluding hydrogens is 334 g/mol. The second kappa shape index (κ2) is 10.5. The molecule has 0 heterocycles. The van der Waals surface area contributed by atoms with Crippen molar-refractivity contribution >= 4 is 27.7 Å². The number of thioether (sulfide) groups is 1. The molecule has 4 heteroatoms. The van der Waals surface area contributed by atoms with E-state index in [-0.39, 0.29) is 0 Å². The molecule has 0 amide bonds. The van der Waals surface area contributed by atoms with E-state index >= 15 is 0 Å². The molecule has 1 rings (SSSR count). The lowest BCUT2D eigenvalue weighted by molar-refractivity contribution is 0.312. The van der Waals surface area contributed by atoms with Gasteiger partial charge in [-0.2, -0.15) is 11.8 Å². The lowest BCUT2D eigenvalue weighted by Crippen LogP contribution is -2.15. The summed E-state index contributed by atoms with van der Waals surface area (Å²) in [5, 5.41) is 3.45. The van der Waals surface area contributed by atoms with E-state index in [1.165, 1.54) is 22.6 Å². The van der Waals surface area contributed by atoms with E-state index in [4.69, 9.17) is 4.74 Å². The van der Waals surface area contributed by atoms with Gasteiger partial charge >= 0.3 is 0 Å². The van der Waals surface area contributed by atoms with Gasteiger partial charge in [0, 0.05) is 16.6 Å². The van der Waals surface area contributed by atoms with Crippen molar-refractivity contribution in [1.29, 1.82) is 0 Å². The van der Waals surface area contributed by atoms with Gasteiger partial charge in [0.05, 0.1) is 6.61 Å². The molecule has 1 aromatic carbocycles. The van der Waals surface area contributed by atoms with Gasteiger partial charge < -0.3 is 10.1 Å². The molecule has 20 heavy (non-hydrogen) atoms. The summed E-state index contributed by atoms with van der Waals surface area (Å²) < 4.78 is 7.15. The first-order valence-electron chi connectivity index (χ1n) is 7.39. The van der Waals surface area contributed by atoms with Crippen LogP contribution in [0.15, 0.2) is 16.6 Å². The molecule has 1 N–H and O–H groups in total. The van der Waals surface area contributed by atoms with Crippen LogP contribution in [0.25, 0.3) is 0 Å². The summed E-state index contributed by atoms with van der Waals surface area (Å²) in [4.78, 5) is 0. The number of hydrogen-bond donors (Lipinski definition) is 1. The monoisotopic (exact) mass is 359 g/mol. The van der Waals surface area contributed by atoms with Crippen LogP contribution in [0.4, 0.5) is 0 Å². The zero-order valence-corrected chi connectivity index (χ0v) is 15.2. The average molecular weight is 360 g/mol. The van der Waals surface area contributed by atoms with Gasteiger partial charge in [-0.15, -0.1) is 0 Å². The van der Waals surface area contributed by atoms with Gasteiger partial charge in [-0.1, -0.05) is 29.8 Å². The minimum Gasteiger partial charge on any atom is -0.493 e. The highest BCUT2D eigenvalue weighted by molar-refractivity contribution is 9.10. The Balaban J connectivity index is 2.61. The number of benzene rings is 1. The fourth-order valence-corrected chi connectivity index (χ4v) is 3.25. The molecule has 0 saturated heterocycles. The molecule has 0 fully saturated rings. The van der Waals surface area contributed by atoms with Gasteiger partial charge in [0.1, 0.15) is 5.75 Å². The van der Waals surface area contributed by atoms with Crippen LogP contribution in [0, 0.1) is 6.92 Å². The molecule has 0 spiro atoms. The first kappa shape index (κ1) is 17.9. The predicted molar refractivity (Wildman–Crippen MR) is 94.0 cm³/mol. The smallest absolute Gasteiger partial charge is 0.126 e. The highest BCUT2D eigenvalue weighted by Gasteiger charge is 2.09. The summed E-state index contributed by atoms with van der Waals surface area (Å²) in [6.45, 7) is 9.20. The molecule has 0 unspecified atom stereocenters. The van der Waals surface area contributed by atoms with E-state index in [0.717, 1.165) is 42.8 Å². The summed E-state index contributed by atoms with van der Waals surface area (Å²) >= 11 is 5.54. The molecule has 0 bridgehead atoms. The van der Waals surface area contributed by atoms with Gasteiger partial charge in [-0.3, -0.25) is 0 Å². The summed E-state index contributed by atoms with van der Waals surface area (Å²) in [6.07, 6.45) is 2.26. The van der Waals surface area contributed by atoms with Crippen LogP contribution in [0.3, 0.4) is 0 Å². The van der Waals surface area contributed by atoms with Crippen molar-refractivity contribution in [3.05, 3.63) is 27.7 Å². The standard InChI is InChI=1S/C16H26BrNOS/c1-4-7-18-12-14-11-15(17)10-13(3)16(14)19-8-6-9-20-5-2/h10-11,18H,4-9,12H2,1-3H3. The third kappa shape index (κ3) is 6.51. The van der Waals surface area contributed by atoms with Gasteiger partial charge in [0.2, 0.25) is 0 Å². The molecular formula is C16H26BrNOS. The molecule has 0 aromatic heterocycles. The van der Waals surface area contributed by atoms with Gasteiger partial charge in [0.25, 0.3) is 0 Å². The zero-order chi connectivity index (χ0) is 14.8. The number of halogens is 1. The van der Waals surface area contributed by atoms with Crippen molar-refractivity contribution in [1.82, 2.24) is 5.32 Å². The van der Waals surface area contributed by atoms with Crippen molar-refractivity contribution < 1.29 is 4.74 Å². The third-order valence-electron chi connectivity index (χ3n) is 2.94. The molecule has 0 aliphatic carbocycles. The Morgan fingerprint density at radius 3 is 2.80 bits per heavy atom. The average Bonchev–Trinajstić information content (AvgIpc) is 2.41. The molecule has 0 atom stereocenters. The number of rotatable bonds is 10. The number of hydrogen-bond acceptors (Lipinski definition) is 3. The number of ether oxygens (including phenoxy) is 1. The maximum absolute atomic E-state index is 6.03. The summed E-state index contributed by atoms with van der Waals surface area (Å²) in [6, 6.07) is 4.28. The quantitative estimate of drug-likeness (QED) is 0.607. The fraction of sp³-hybridized carbons (Fsp3) is 0.625. The first-order chi connectivity index (χ1) is 9.69. The Kier molecular flexibility index (Phi) is 9.40. The number of aryl methyl sites for hydroxylation is 1. The maximum Gasteiger partial charge on any atom is 0.126 e. The van der Waals surface area contributed by atoms with Crippen LogP contribution < -0.4 is 10.1 Å². The normalized spacial score (nSPS) is 10.8. The van der Waals surface area contributed by atoms with Crippen LogP contribution >= 0.6 is 27.7 Å². The van der Waals surface area contributed by atoms with Crippen molar-refractivity contribution in [3.8, 4) is 5.75 Å². The molecule has 0 saturated carbocycles. The van der Waals surface area contributed by atoms with Crippen molar-refractivity contribution in [3.63, 3.8) is 0 Å².